The fourth-order valence-electron chi connectivity index (χ4n) is 3.63. The molecule has 2 aromatic rings. The van der Waals surface area contributed by atoms with Gasteiger partial charge in [-0.2, -0.15) is 5.10 Å². The van der Waals surface area contributed by atoms with Crippen LogP contribution in [0.5, 0.6) is 0 Å². The number of rotatable bonds is 4. The third-order valence-electron chi connectivity index (χ3n) is 4.87. The summed E-state index contributed by atoms with van der Waals surface area (Å²) < 4.78 is 1.95. The highest BCUT2D eigenvalue weighted by molar-refractivity contribution is 5.46. The lowest BCUT2D eigenvalue weighted by Gasteiger charge is -2.45. The summed E-state index contributed by atoms with van der Waals surface area (Å²) in [6.07, 6.45) is 6.53. The van der Waals surface area contributed by atoms with Crippen molar-refractivity contribution in [3.63, 3.8) is 0 Å². The number of nitrogens with zero attached hydrogens (tertiary/aromatic N) is 3. The van der Waals surface area contributed by atoms with Crippen LogP contribution in [0, 0.1) is 5.92 Å². The summed E-state index contributed by atoms with van der Waals surface area (Å²) in [4.78, 5) is 2.59. The Morgan fingerprint density at radius 1 is 1.14 bits per heavy atom. The van der Waals surface area contributed by atoms with Gasteiger partial charge in [0.15, 0.2) is 0 Å². The lowest BCUT2D eigenvalue weighted by Crippen LogP contribution is -2.53. The zero-order valence-corrected chi connectivity index (χ0v) is 12.3. The van der Waals surface area contributed by atoms with E-state index in [1.807, 2.05) is 23.1 Å². The molecule has 0 unspecified atom stereocenters. The Hall–Kier alpha value is -1.81. The molecule has 0 spiro atoms. The fraction of sp³-hybridized carbons (Fsp3) is 0.471. The van der Waals surface area contributed by atoms with Crippen LogP contribution in [0.4, 0.5) is 5.69 Å². The lowest BCUT2D eigenvalue weighted by atomic mass is 9.84. The highest BCUT2D eigenvalue weighted by Gasteiger charge is 2.33. The van der Waals surface area contributed by atoms with Crippen LogP contribution < -0.4 is 5.32 Å². The quantitative estimate of drug-likeness (QED) is 0.935. The molecule has 4 nitrogen and oxygen atoms in total. The number of anilines is 1. The molecule has 2 bridgehead atoms. The van der Waals surface area contributed by atoms with Gasteiger partial charge in [-0.05, 0) is 55.6 Å². The average molecular weight is 282 g/mol. The third-order valence-corrected chi connectivity index (χ3v) is 4.87. The van der Waals surface area contributed by atoms with E-state index in [1.54, 1.807) is 0 Å². The van der Waals surface area contributed by atoms with Crippen molar-refractivity contribution in [1.29, 1.82) is 0 Å². The monoisotopic (exact) mass is 282 g/mol. The maximum absolute atomic E-state index is 4.25. The molecule has 21 heavy (non-hydrogen) atoms. The van der Waals surface area contributed by atoms with Crippen molar-refractivity contribution in [3.05, 3.63) is 48.3 Å². The van der Waals surface area contributed by atoms with Crippen LogP contribution in [0.2, 0.25) is 0 Å². The van der Waals surface area contributed by atoms with Gasteiger partial charge in [0.25, 0.3) is 0 Å². The highest BCUT2D eigenvalue weighted by Crippen LogP contribution is 2.29. The minimum absolute atomic E-state index is 0.629. The SMILES string of the molecule is c1cnn(Cc2ccc(N[C@H]3CN4CCC3CC4)cc2)c1. The molecular formula is C17H22N4. The molecule has 3 aliphatic heterocycles. The summed E-state index contributed by atoms with van der Waals surface area (Å²) in [6.45, 7) is 4.64. The number of aromatic nitrogens is 2. The number of fused-ring (bicyclic) bond motifs is 3. The Bertz CT molecular complexity index is 567. The van der Waals surface area contributed by atoms with Gasteiger partial charge in [-0.1, -0.05) is 12.1 Å². The Morgan fingerprint density at radius 2 is 1.95 bits per heavy atom. The van der Waals surface area contributed by atoms with E-state index in [0.717, 1.165) is 12.5 Å². The van der Waals surface area contributed by atoms with Gasteiger partial charge in [-0.25, -0.2) is 0 Å². The standard InChI is InChI=1S/C17H22N4/c1-8-18-21(9-1)12-14-2-4-16(5-3-14)19-17-13-20-10-6-15(17)7-11-20/h1-5,8-9,15,17,19H,6-7,10-13H2/t17-/m0/s1. The van der Waals surface area contributed by atoms with Gasteiger partial charge in [0, 0.05) is 30.7 Å². The Balaban J connectivity index is 1.40. The molecule has 0 aliphatic carbocycles. The third kappa shape index (κ3) is 2.81. The predicted molar refractivity (Wildman–Crippen MR) is 84.3 cm³/mol. The molecule has 0 amide bonds. The van der Waals surface area contributed by atoms with E-state index in [-0.39, 0.29) is 0 Å². The van der Waals surface area contributed by atoms with Crippen LogP contribution in [0.1, 0.15) is 18.4 Å². The van der Waals surface area contributed by atoms with Crippen molar-refractivity contribution < 1.29 is 0 Å². The number of nitrogens with one attached hydrogen (secondary N) is 1. The summed E-state index contributed by atoms with van der Waals surface area (Å²) in [6, 6.07) is 11.4. The van der Waals surface area contributed by atoms with Gasteiger partial charge in [-0.15, -0.1) is 0 Å². The van der Waals surface area contributed by atoms with Gasteiger partial charge in [-0.3, -0.25) is 4.68 Å². The molecule has 0 radical (unpaired) electrons. The summed E-state index contributed by atoms with van der Waals surface area (Å²) in [5.41, 5.74) is 2.54. The highest BCUT2D eigenvalue weighted by atomic mass is 15.3. The molecule has 4 heteroatoms. The second-order valence-electron chi connectivity index (χ2n) is 6.29. The Labute approximate surface area is 125 Å². The van der Waals surface area contributed by atoms with Gasteiger partial charge < -0.3 is 10.2 Å². The van der Waals surface area contributed by atoms with Crippen molar-refractivity contribution in [2.24, 2.45) is 5.92 Å². The van der Waals surface area contributed by atoms with Gasteiger partial charge >= 0.3 is 0 Å². The van der Waals surface area contributed by atoms with Crippen molar-refractivity contribution in [2.45, 2.75) is 25.4 Å². The molecular weight excluding hydrogens is 260 g/mol. The van der Waals surface area contributed by atoms with E-state index in [0.29, 0.717) is 6.04 Å². The summed E-state index contributed by atoms with van der Waals surface area (Å²) in [7, 11) is 0. The van der Waals surface area contributed by atoms with E-state index in [4.69, 9.17) is 0 Å². The molecule has 3 fully saturated rings. The smallest absolute Gasteiger partial charge is 0.0659 e. The van der Waals surface area contributed by atoms with Crippen molar-refractivity contribution in [3.8, 4) is 0 Å². The molecule has 1 aromatic carbocycles. The van der Waals surface area contributed by atoms with E-state index in [9.17, 15) is 0 Å². The first-order chi connectivity index (χ1) is 10.4. The zero-order valence-electron chi connectivity index (χ0n) is 12.3. The predicted octanol–water partition coefficient (Wildman–Crippen LogP) is 2.44. The van der Waals surface area contributed by atoms with Crippen LogP contribution in [-0.2, 0) is 6.54 Å². The number of benzene rings is 1. The molecule has 4 heterocycles. The van der Waals surface area contributed by atoms with E-state index >= 15 is 0 Å². The van der Waals surface area contributed by atoms with Crippen LogP contribution >= 0.6 is 0 Å². The second kappa shape index (κ2) is 5.53. The van der Waals surface area contributed by atoms with E-state index in [1.165, 1.54) is 43.7 Å². The van der Waals surface area contributed by atoms with Crippen molar-refractivity contribution >= 4 is 5.69 Å². The maximum atomic E-state index is 4.25. The molecule has 0 saturated carbocycles. The minimum Gasteiger partial charge on any atom is -0.381 e. The number of piperidine rings is 3. The Morgan fingerprint density at radius 3 is 2.57 bits per heavy atom. The average Bonchev–Trinajstić information content (AvgIpc) is 3.03. The molecule has 3 aliphatic rings. The van der Waals surface area contributed by atoms with Gasteiger partial charge in [0.05, 0.1) is 6.54 Å². The van der Waals surface area contributed by atoms with Crippen LogP contribution in [0.25, 0.3) is 0 Å². The summed E-state index contributed by atoms with van der Waals surface area (Å²) in [5, 5.41) is 7.98. The summed E-state index contributed by atoms with van der Waals surface area (Å²) >= 11 is 0. The van der Waals surface area contributed by atoms with Gasteiger partial charge in [0.1, 0.15) is 0 Å². The molecule has 3 saturated heterocycles. The largest absolute Gasteiger partial charge is 0.381 e. The first-order valence-electron chi connectivity index (χ1n) is 7.92. The number of hydrogen-bond donors (Lipinski definition) is 1. The van der Waals surface area contributed by atoms with Crippen LogP contribution in [0.3, 0.4) is 0 Å². The molecule has 1 aromatic heterocycles. The first-order valence-corrected chi connectivity index (χ1v) is 7.92. The zero-order chi connectivity index (χ0) is 14.1. The molecule has 5 rings (SSSR count). The molecule has 110 valence electrons. The molecule has 1 N–H and O–H groups in total. The van der Waals surface area contributed by atoms with Gasteiger partial charge in [0.2, 0.25) is 0 Å². The van der Waals surface area contributed by atoms with Crippen LogP contribution in [-0.4, -0.2) is 40.4 Å². The van der Waals surface area contributed by atoms with E-state index in [2.05, 4.69) is 39.6 Å². The normalized spacial score (nSPS) is 27.7. The van der Waals surface area contributed by atoms with Crippen molar-refractivity contribution in [2.75, 3.05) is 25.0 Å². The molecule has 1 atom stereocenters. The van der Waals surface area contributed by atoms with E-state index < -0.39 is 0 Å². The van der Waals surface area contributed by atoms with Crippen LogP contribution in [0.15, 0.2) is 42.7 Å². The summed E-state index contributed by atoms with van der Waals surface area (Å²) in [5.74, 6) is 0.860. The minimum atomic E-state index is 0.629. The fourth-order valence-corrected chi connectivity index (χ4v) is 3.63. The second-order valence-corrected chi connectivity index (χ2v) is 6.29. The van der Waals surface area contributed by atoms with Crippen molar-refractivity contribution in [1.82, 2.24) is 14.7 Å². The first kappa shape index (κ1) is 12.9. The Kier molecular flexibility index (Phi) is 3.39. The maximum Gasteiger partial charge on any atom is 0.0659 e. The topological polar surface area (TPSA) is 33.1 Å². The number of hydrogen-bond acceptors (Lipinski definition) is 3. The lowest BCUT2D eigenvalue weighted by molar-refractivity contribution is 0.0975.